The molecule has 0 fully saturated rings. The number of benzene rings is 2. The normalized spacial score (nSPS) is 11.6. The molecule has 1 aromatic heterocycles. The summed E-state index contributed by atoms with van der Waals surface area (Å²) in [5.74, 6) is 1.51. The molecular weight excluding hydrogens is 464 g/mol. The van der Waals surface area contributed by atoms with Crippen LogP contribution in [0, 0.1) is 0 Å². The number of aromatic nitrogens is 2. The molecule has 3 rings (SSSR count). The number of esters is 1. The first-order chi connectivity index (χ1) is 18.2. The predicted octanol–water partition coefficient (Wildman–Crippen LogP) is 8.01. The van der Waals surface area contributed by atoms with Crippen LogP contribution in [0.25, 0.3) is 22.5 Å². The Morgan fingerprint density at radius 3 is 2.27 bits per heavy atom. The monoisotopic (exact) mass is 504 g/mol. The van der Waals surface area contributed by atoms with Gasteiger partial charge in [-0.15, -0.1) is 0 Å². The molecule has 6 nitrogen and oxygen atoms in total. The van der Waals surface area contributed by atoms with E-state index in [2.05, 4.69) is 35.1 Å². The number of rotatable bonds is 16. The van der Waals surface area contributed by atoms with Gasteiger partial charge >= 0.3 is 5.97 Å². The van der Waals surface area contributed by atoms with Crippen molar-refractivity contribution in [3.05, 3.63) is 60.9 Å². The summed E-state index contributed by atoms with van der Waals surface area (Å²) < 4.78 is 17.5. The fraction of sp³-hybridized carbons (Fsp3) is 0.452. The molecule has 2 aromatic carbocycles. The maximum absolute atomic E-state index is 11.9. The van der Waals surface area contributed by atoms with Gasteiger partial charge in [0.1, 0.15) is 5.75 Å². The van der Waals surface area contributed by atoms with Crippen molar-refractivity contribution in [3.63, 3.8) is 0 Å². The molecule has 0 radical (unpaired) electrons. The number of carbonyl (C=O) groups is 1. The minimum absolute atomic E-state index is 0.268. The van der Waals surface area contributed by atoms with Crippen LogP contribution in [0.3, 0.4) is 0 Å². The number of ether oxygens (including phenoxy) is 3. The zero-order valence-electron chi connectivity index (χ0n) is 22.4. The van der Waals surface area contributed by atoms with Gasteiger partial charge < -0.3 is 14.2 Å². The molecule has 1 atom stereocenters. The van der Waals surface area contributed by atoms with E-state index in [1.54, 1.807) is 12.4 Å². The second-order valence-corrected chi connectivity index (χ2v) is 9.10. The second kappa shape index (κ2) is 15.6. The summed E-state index contributed by atoms with van der Waals surface area (Å²) in [5, 5.41) is 0. The van der Waals surface area contributed by atoms with Crippen LogP contribution >= 0.6 is 0 Å². The first-order valence-electron chi connectivity index (χ1n) is 13.7. The van der Waals surface area contributed by atoms with E-state index in [0.717, 1.165) is 41.7 Å². The van der Waals surface area contributed by atoms with Gasteiger partial charge in [0.05, 0.1) is 24.6 Å². The molecule has 0 bridgehead atoms. The number of hydrogen-bond acceptors (Lipinski definition) is 6. The van der Waals surface area contributed by atoms with Gasteiger partial charge in [-0.2, -0.15) is 0 Å². The van der Waals surface area contributed by atoms with Crippen LogP contribution in [-0.4, -0.2) is 28.8 Å². The Bertz CT molecular complexity index is 1070. The molecule has 0 saturated heterocycles. The third kappa shape index (κ3) is 8.88. The predicted molar refractivity (Wildman–Crippen MR) is 147 cm³/mol. The third-order valence-electron chi connectivity index (χ3n) is 6.04. The smallest absolute Gasteiger partial charge is 0.308 e. The molecule has 198 valence electrons. The van der Waals surface area contributed by atoms with Crippen molar-refractivity contribution in [1.82, 2.24) is 9.97 Å². The molecule has 0 saturated carbocycles. The Labute approximate surface area is 221 Å². The van der Waals surface area contributed by atoms with Crippen LogP contribution in [0.2, 0.25) is 0 Å². The van der Waals surface area contributed by atoms with Gasteiger partial charge in [-0.25, -0.2) is 9.97 Å². The zero-order valence-corrected chi connectivity index (χ0v) is 22.4. The average molecular weight is 505 g/mol. The van der Waals surface area contributed by atoms with E-state index < -0.39 is 6.29 Å². The van der Waals surface area contributed by atoms with Crippen LogP contribution < -0.4 is 9.47 Å². The summed E-state index contributed by atoms with van der Waals surface area (Å²) in [6.07, 6.45) is 11.5. The molecule has 0 spiro atoms. The van der Waals surface area contributed by atoms with E-state index in [9.17, 15) is 4.79 Å². The molecular formula is C31H40N2O4. The van der Waals surface area contributed by atoms with Crippen LogP contribution in [0.5, 0.6) is 11.5 Å². The molecule has 6 heteroatoms. The Kier molecular flexibility index (Phi) is 11.9. The standard InChI is InChI=1S/C31H40N2O4/c1-4-7-8-9-10-14-21-35-27-20-15-19-26(24-17-12-11-13-18-24)30(27)31-32-22-25(23-33-31)36-29(6-3)37-28(34)16-5-2/h11-13,15,17-20,22-23,29H,4-10,14,16,21H2,1-3H3/t29-/m0/s1. The summed E-state index contributed by atoms with van der Waals surface area (Å²) in [5.41, 5.74) is 2.93. The average Bonchev–Trinajstić information content (AvgIpc) is 2.93. The molecule has 1 heterocycles. The quantitative estimate of drug-likeness (QED) is 0.112. The second-order valence-electron chi connectivity index (χ2n) is 9.10. The van der Waals surface area contributed by atoms with Gasteiger partial charge in [-0.1, -0.05) is 95.3 Å². The van der Waals surface area contributed by atoms with Crippen molar-refractivity contribution in [2.75, 3.05) is 6.61 Å². The summed E-state index contributed by atoms with van der Waals surface area (Å²) in [6.45, 7) is 6.73. The third-order valence-corrected chi connectivity index (χ3v) is 6.04. The Morgan fingerprint density at radius 1 is 0.838 bits per heavy atom. The fourth-order valence-electron chi connectivity index (χ4n) is 4.06. The van der Waals surface area contributed by atoms with Gasteiger partial charge in [-0.05, 0) is 30.0 Å². The number of nitrogens with zero attached hydrogens (tertiary/aromatic N) is 2. The number of carbonyl (C=O) groups excluding carboxylic acids is 1. The maximum atomic E-state index is 11.9. The van der Waals surface area contributed by atoms with Crippen LogP contribution in [0.1, 0.15) is 78.6 Å². The van der Waals surface area contributed by atoms with Crippen LogP contribution in [0.4, 0.5) is 0 Å². The molecule has 0 unspecified atom stereocenters. The summed E-state index contributed by atoms with van der Waals surface area (Å²) >= 11 is 0. The molecule has 37 heavy (non-hydrogen) atoms. The van der Waals surface area contributed by atoms with Crippen molar-refractivity contribution < 1.29 is 19.0 Å². The highest BCUT2D eigenvalue weighted by atomic mass is 16.7. The van der Waals surface area contributed by atoms with E-state index in [0.29, 0.717) is 31.0 Å². The molecule has 0 amide bonds. The van der Waals surface area contributed by atoms with Crippen molar-refractivity contribution in [2.24, 2.45) is 0 Å². The highest BCUT2D eigenvalue weighted by Gasteiger charge is 2.18. The lowest BCUT2D eigenvalue weighted by Gasteiger charge is -2.18. The first-order valence-corrected chi connectivity index (χ1v) is 13.7. The van der Waals surface area contributed by atoms with E-state index in [1.165, 1.54) is 25.7 Å². The van der Waals surface area contributed by atoms with Crippen LogP contribution in [-0.2, 0) is 9.53 Å². The van der Waals surface area contributed by atoms with Crippen molar-refractivity contribution in [1.29, 1.82) is 0 Å². The Balaban J connectivity index is 1.79. The summed E-state index contributed by atoms with van der Waals surface area (Å²) in [4.78, 5) is 21.1. The Hall–Kier alpha value is -3.41. The SMILES string of the molecule is CCCCCCCCOc1cccc(-c2ccccc2)c1-c1ncc(O[C@H](CC)OC(=O)CCC)cn1. The lowest BCUT2D eigenvalue weighted by molar-refractivity contribution is -0.164. The van der Waals surface area contributed by atoms with E-state index >= 15 is 0 Å². The summed E-state index contributed by atoms with van der Waals surface area (Å²) in [6, 6.07) is 16.2. The molecule has 0 aliphatic carbocycles. The number of unbranched alkanes of at least 4 members (excludes halogenated alkanes) is 5. The minimum Gasteiger partial charge on any atom is -0.493 e. The van der Waals surface area contributed by atoms with Crippen molar-refractivity contribution >= 4 is 5.97 Å². The zero-order chi connectivity index (χ0) is 26.3. The van der Waals surface area contributed by atoms with Crippen molar-refractivity contribution in [3.8, 4) is 34.0 Å². The highest BCUT2D eigenvalue weighted by Crippen LogP contribution is 2.38. The fourth-order valence-corrected chi connectivity index (χ4v) is 4.06. The lowest BCUT2D eigenvalue weighted by Crippen LogP contribution is -2.23. The molecule has 0 N–H and O–H groups in total. The largest absolute Gasteiger partial charge is 0.493 e. The van der Waals surface area contributed by atoms with Crippen molar-refractivity contribution in [2.45, 2.75) is 84.8 Å². The molecule has 0 aliphatic heterocycles. The van der Waals surface area contributed by atoms with Gasteiger partial charge in [0.2, 0.25) is 6.29 Å². The molecule has 3 aromatic rings. The lowest BCUT2D eigenvalue weighted by atomic mass is 9.98. The van der Waals surface area contributed by atoms with E-state index in [4.69, 9.17) is 14.2 Å². The minimum atomic E-state index is -0.665. The highest BCUT2D eigenvalue weighted by molar-refractivity contribution is 5.84. The van der Waals surface area contributed by atoms with E-state index in [-0.39, 0.29) is 5.97 Å². The Morgan fingerprint density at radius 2 is 1.57 bits per heavy atom. The van der Waals surface area contributed by atoms with Gasteiger partial charge in [0.25, 0.3) is 0 Å². The molecule has 0 aliphatic rings. The van der Waals surface area contributed by atoms with Gasteiger partial charge in [0.15, 0.2) is 11.6 Å². The maximum Gasteiger partial charge on any atom is 0.308 e. The summed E-state index contributed by atoms with van der Waals surface area (Å²) in [7, 11) is 0. The first kappa shape index (κ1) is 28.2. The topological polar surface area (TPSA) is 70.5 Å². The van der Waals surface area contributed by atoms with Gasteiger partial charge in [-0.3, -0.25) is 4.79 Å². The van der Waals surface area contributed by atoms with Gasteiger partial charge in [0, 0.05) is 12.8 Å². The number of hydrogen-bond donors (Lipinski definition) is 0. The van der Waals surface area contributed by atoms with E-state index in [1.807, 2.05) is 44.2 Å². The van der Waals surface area contributed by atoms with Crippen LogP contribution in [0.15, 0.2) is 60.9 Å².